The van der Waals surface area contributed by atoms with Crippen LogP contribution >= 0.6 is 0 Å². The monoisotopic (exact) mass is 258 g/mol. The lowest BCUT2D eigenvalue weighted by molar-refractivity contribution is -0.134. The number of ether oxygens (including phenoxy) is 1. The van der Waals surface area contributed by atoms with Crippen LogP contribution in [-0.4, -0.2) is 54.4 Å². The highest BCUT2D eigenvalue weighted by atomic mass is 16.5. The van der Waals surface area contributed by atoms with E-state index in [0.29, 0.717) is 13.0 Å². The second kappa shape index (κ2) is 8.45. The Labute approximate surface area is 109 Å². The molecule has 1 atom stereocenters. The number of hydrogen-bond donors (Lipinski definition) is 2. The first kappa shape index (κ1) is 15.4. The van der Waals surface area contributed by atoms with Crippen molar-refractivity contribution in [3.05, 3.63) is 0 Å². The second-order valence-electron chi connectivity index (χ2n) is 5.04. The summed E-state index contributed by atoms with van der Waals surface area (Å²) in [5.74, 6) is 0.233. The molecule has 0 aromatic carbocycles. The number of nitrogens with two attached hydrogens (primary N) is 1. The molecule has 0 aliphatic carbocycles. The average Bonchev–Trinajstić information content (AvgIpc) is 2.36. The Morgan fingerprint density at radius 2 is 2.17 bits per heavy atom. The first-order valence-corrected chi connectivity index (χ1v) is 6.89. The molecule has 1 aliphatic heterocycles. The molecule has 0 aromatic rings. The second-order valence-corrected chi connectivity index (χ2v) is 5.04. The summed E-state index contributed by atoms with van der Waals surface area (Å²) in [6, 6.07) is 0.176. The molecule has 0 radical (unpaired) electrons. The van der Waals surface area contributed by atoms with Crippen molar-refractivity contribution in [1.82, 2.24) is 4.90 Å². The smallest absolute Gasteiger partial charge is 0.222 e. The van der Waals surface area contributed by atoms with Crippen LogP contribution in [-0.2, 0) is 9.53 Å². The summed E-state index contributed by atoms with van der Waals surface area (Å²) < 4.78 is 5.47. The van der Waals surface area contributed by atoms with Crippen LogP contribution in [0.15, 0.2) is 0 Å². The molecule has 1 amide bonds. The largest absolute Gasteiger partial charge is 0.394 e. The number of aliphatic hydroxyl groups excluding tert-OH is 1. The predicted octanol–water partition coefficient (Wildman–Crippen LogP) is 0.504. The zero-order valence-electron chi connectivity index (χ0n) is 11.3. The Morgan fingerprint density at radius 3 is 2.72 bits per heavy atom. The van der Waals surface area contributed by atoms with Crippen molar-refractivity contribution >= 4 is 5.91 Å². The molecule has 1 unspecified atom stereocenters. The van der Waals surface area contributed by atoms with Crippen molar-refractivity contribution in [2.75, 3.05) is 26.3 Å². The third-order valence-electron chi connectivity index (χ3n) is 3.29. The van der Waals surface area contributed by atoms with Crippen molar-refractivity contribution in [2.24, 2.45) is 5.73 Å². The third kappa shape index (κ3) is 5.80. The summed E-state index contributed by atoms with van der Waals surface area (Å²) in [6.45, 7) is 3.97. The van der Waals surface area contributed by atoms with E-state index < -0.39 is 0 Å². The Hall–Kier alpha value is -0.650. The van der Waals surface area contributed by atoms with Gasteiger partial charge >= 0.3 is 0 Å². The van der Waals surface area contributed by atoms with Gasteiger partial charge in [0.05, 0.1) is 19.3 Å². The van der Waals surface area contributed by atoms with Gasteiger partial charge in [-0.3, -0.25) is 4.79 Å². The Bertz CT molecular complexity index is 238. The molecular weight excluding hydrogens is 232 g/mol. The number of nitrogens with zero attached hydrogens (tertiary/aromatic N) is 1. The minimum Gasteiger partial charge on any atom is -0.394 e. The first-order valence-electron chi connectivity index (χ1n) is 6.89. The minimum absolute atomic E-state index is 0.0659. The van der Waals surface area contributed by atoms with E-state index in [4.69, 9.17) is 15.6 Å². The number of rotatable bonds is 7. The maximum absolute atomic E-state index is 11.9. The quantitative estimate of drug-likeness (QED) is 0.697. The molecule has 1 fully saturated rings. The fraction of sp³-hybridized carbons (Fsp3) is 0.923. The molecule has 1 aliphatic rings. The van der Waals surface area contributed by atoms with Crippen molar-refractivity contribution < 1.29 is 14.6 Å². The van der Waals surface area contributed by atoms with Crippen LogP contribution < -0.4 is 5.73 Å². The fourth-order valence-corrected chi connectivity index (χ4v) is 2.22. The van der Waals surface area contributed by atoms with Gasteiger partial charge in [-0.2, -0.15) is 0 Å². The van der Waals surface area contributed by atoms with E-state index in [-0.39, 0.29) is 24.7 Å². The number of piperidine rings is 1. The van der Waals surface area contributed by atoms with Crippen LogP contribution in [0.1, 0.15) is 39.0 Å². The van der Waals surface area contributed by atoms with Gasteiger partial charge in [0.25, 0.3) is 0 Å². The van der Waals surface area contributed by atoms with Gasteiger partial charge in [0.15, 0.2) is 0 Å². The van der Waals surface area contributed by atoms with E-state index in [1.54, 1.807) is 0 Å². The van der Waals surface area contributed by atoms with Crippen LogP contribution in [0.25, 0.3) is 0 Å². The Kier molecular flexibility index (Phi) is 7.23. The summed E-state index contributed by atoms with van der Waals surface area (Å²) in [4.78, 5) is 13.8. The Morgan fingerprint density at radius 1 is 1.50 bits per heavy atom. The van der Waals surface area contributed by atoms with Gasteiger partial charge < -0.3 is 20.5 Å². The topological polar surface area (TPSA) is 75.8 Å². The summed E-state index contributed by atoms with van der Waals surface area (Å²) >= 11 is 0. The van der Waals surface area contributed by atoms with Crippen molar-refractivity contribution in [3.63, 3.8) is 0 Å². The van der Waals surface area contributed by atoms with Gasteiger partial charge in [-0.1, -0.05) is 0 Å². The van der Waals surface area contributed by atoms with E-state index >= 15 is 0 Å². The van der Waals surface area contributed by atoms with Crippen molar-refractivity contribution in [2.45, 2.75) is 51.2 Å². The number of carbonyl (C=O) groups is 1. The molecule has 1 saturated heterocycles. The zero-order chi connectivity index (χ0) is 13.4. The van der Waals surface area contributed by atoms with E-state index in [1.807, 2.05) is 11.8 Å². The molecule has 0 spiro atoms. The molecule has 0 saturated carbocycles. The summed E-state index contributed by atoms with van der Waals surface area (Å²) in [5.41, 5.74) is 5.66. The van der Waals surface area contributed by atoms with Gasteiger partial charge in [0, 0.05) is 25.6 Å². The lowest BCUT2D eigenvalue weighted by Crippen LogP contribution is -2.41. The molecule has 0 aromatic heterocycles. The molecule has 5 nitrogen and oxygen atoms in total. The standard InChI is InChI=1S/C13H26N2O3/c1-11(14)3-2-4-13(17)15-7-5-12(6-8-15)18-10-9-16/h11-12,16H,2-10,14H2,1H3. The summed E-state index contributed by atoms with van der Waals surface area (Å²) in [7, 11) is 0. The summed E-state index contributed by atoms with van der Waals surface area (Å²) in [6.07, 6.45) is 4.33. The normalized spacial score (nSPS) is 18.9. The molecule has 106 valence electrons. The van der Waals surface area contributed by atoms with Crippen LogP contribution in [0.4, 0.5) is 0 Å². The van der Waals surface area contributed by atoms with Gasteiger partial charge in [-0.25, -0.2) is 0 Å². The van der Waals surface area contributed by atoms with Gasteiger partial charge in [0.1, 0.15) is 0 Å². The number of aliphatic hydroxyl groups is 1. The van der Waals surface area contributed by atoms with Gasteiger partial charge in [0.2, 0.25) is 5.91 Å². The van der Waals surface area contributed by atoms with Crippen LogP contribution in [0.2, 0.25) is 0 Å². The van der Waals surface area contributed by atoms with Crippen LogP contribution in [0, 0.1) is 0 Å². The molecule has 0 bridgehead atoms. The first-order chi connectivity index (χ1) is 8.63. The maximum atomic E-state index is 11.9. The van der Waals surface area contributed by atoms with Crippen LogP contribution in [0.5, 0.6) is 0 Å². The van der Waals surface area contributed by atoms with E-state index in [2.05, 4.69) is 0 Å². The molecule has 3 N–H and O–H groups in total. The lowest BCUT2D eigenvalue weighted by atomic mass is 10.1. The molecule has 1 heterocycles. The number of hydrogen-bond acceptors (Lipinski definition) is 4. The summed E-state index contributed by atoms with van der Waals surface area (Å²) in [5, 5.41) is 8.68. The SMILES string of the molecule is CC(N)CCCC(=O)N1CCC(OCCO)CC1. The van der Waals surface area contributed by atoms with Gasteiger partial charge in [-0.05, 0) is 32.6 Å². The Balaban J connectivity index is 2.15. The van der Waals surface area contributed by atoms with E-state index in [9.17, 15) is 4.79 Å². The lowest BCUT2D eigenvalue weighted by Gasteiger charge is -2.32. The molecule has 5 heteroatoms. The van der Waals surface area contributed by atoms with Crippen molar-refractivity contribution in [1.29, 1.82) is 0 Å². The molecule has 18 heavy (non-hydrogen) atoms. The maximum Gasteiger partial charge on any atom is 0.222 e. The number of carbonyl (C=O) groups excluding carboxylic acids is 1. The highest BCUT2D eigenvalue weighted by Crippen LogP contribution is 2.15. The zero-order valence-corrected chi connectivity index (χ0v) is 11.3. The minimum atomic E-state index is 0.0659. The van der Waals surface area contributed by atoms with Gasteiger partial charge in [-0.15, -0.1) is 0 Å². The number of amides is 1. The van der Waals surface area contributed by atoms with E-state index in [0.717, 1.165) is 38.8 Å². The van der Waals surface area contributed by atoms with E-state index in [1.165, 1.54) is 0 Å². The highest BCUT2D eigenvalue weighted by Gasteiger charge is 2.22. The molecular formula is C13H26N2O3. The number of likely N-dealkylation sites (tertiary alicyclic amines) is 1. The highest BCUT2D eigenvalue weighted by molar-refractivity contribution is 5.76. The third-order valence-corrected chi connectivity index (χ3v) is 3.29. The van der Waals surface area contributed by atoms with Crippen LogP contribution in [0.3, 0.4) is 0 Å². The predicted molar refractivity (Wildman–Crippen MR) is 70.1 cm³/mol. The van der Waals surface area contributed by atoms with Crippen molar-refractivity contribution in [3.8, 4) is 0 Å². The fourth-order valence-electron chi connectivity index (χ4n) is 2.22. The molecule has 1 rings (SSSR count). The average molecular weight is 258 g/mol.